The summed E-state index contributed by atoms with van der Waals surface area (Å²) in [6.45, 7) is 6.69. The number of piperazine rings is 1. The third-order valence-electron chi connectivity index (χ3n) is 5.74. The third-order valence-corrected chi connectivity index (χ3v) is 5.74. The van der Waals surface area contributed by atoms with Crippen molar-refractivity contribution in [2.45, 2.75) is 25.7 Å². The molecule has 1 aliphatic carbocycles. The summed E-state index contributed by atoms with van der Waals surface area (Å²) in [5, 5.41) is 6.63. The summed E-state index contributed by atoms with van der Waals surface area (Å²) in [5.74, 6) is 2.35. The zero-order chi connectivity index (χ0) is 20.3. The zero-order valence-corrected chi connectivity index (χ0v) is 20.3. The van der Waals surface area contributed by atoms with Crippen LogP contribution in [-0.4, -0.2) is 81.1 Å². The van der Waals surface area contributed by atoms with E-state index in [-0.39, 0.29) is 24.0 Å². The highest BCUT2D eigenvalue weighted by Gasteiger charge is 2.29. The maximum absolute atomic E-state index is 12.5. The number of aliphatic imine (C=N–C) groups is 1. The lowest BCUT2D eigenvalue weighted by molar-refractivity contribution is -0.137. The third kappa shape index (κ3) is 7.94. The fourth-order valence-corrected chi connectivity index (χ4v) is 4.03. The zero-order valence-electron chi connectivity index (χ0n) is 18.0. The molecule has 1 aromatic rings. The average molecular weight is 529 g/mol. The highest BCUT2D eigenvalue weighted by Crippen LogP contribution is 2.26. The number of ether oxygens (including phenoxy) is 1. The molecule has 168 valence electrons. The lowest BCUT2D eigenvalue weighted by Gasteiger charge is -2.36. The van der Waals surface area contributed by atoms with Crippen molar-refractivity contribution in [2.24, 2.45) is 10.9 Å². The van der Waals surface area contributed by atoms with Crippen LogP contribution in [0.25, 0.3) is 0 Å². The van der Waals surface area contributed by atoms with Crippen molar-refractivity contribution in [1.29, 1.82) is 0 Å². The second kappa shape index (κ2) is 13.7. The number of rotatable bonds is 8. The van der Waals surface area contributed by atoms with E-state index in [4.69, 9.17) is 4.74 Å². The molecule has 30 heavy (non-hydrogen) atoms. The predicted octanol–water partition coefficient (Wildman–Crippen LogP) is 2.18. The molecule has 0 bridgehead atoms. The van der Waals surface area contributed by atoms with Crippen LogP contribution in [0.2, 0.25) is 0 Å². The highest BCUT2D eigenvalue weighted by atomic mass is 127. The van der Waals surface area contributed by atoms with E-state index >= 15 is 0 Å². The van der Waals surface area contributed by atoms with Crippen LogP contribution < -0.4 is 15.4 Å². The van der Waals surface area contributed by atoms with Crippen molar-refractivity contribution < 1.29 is 9.53 Å². The molecule has 2 fully saturated rings. The first-order chi connectivity index (χ1) is 14.3. The van der Waals surface area contributed by atoms with Crippen LogP contribution >= 0.6 is 24.0 Å². The average Bonchev–Trinajstić information content (AvgIpc) is 3.31. The topological polar surface area (TPSA) is 69.2 Å². The summed E-state index contributed by atoms with van der Waals surface area (Å²) < 4.78 is 5.68. The molecule has 1 aliphatic heterocycles. The van der Waals surface area contributed by atoms with E-state index in [9.17, 15) is 4.79 Å². The number of hydrogen-bond acceptors (Lipinski definition) is 4. The quantitative estimate of drug-likeness (QED) is 0.234. The summed E-state index contributed by atoms with van der Waals surface area (Å²) in [6, 6.07) is 9.81. The van der Waals surface area contributed by atoms with Gasteiger partial charge in [0, 0.05) is 52.2 Å². The summed E-state index contributed by atoms with van der Waals surface area (Å²) in [4.78, 5) is 21.3. The van der Waals surface area contributed by atoms with Crippen LogP contribution in [0.1, 0.15) is 25.7 Å². The predicted molar refractivity (Wildman–Crippen MR) is 132 cm³/mol. The minimum Gasteiger partial charge on any atom is -0.492 e. The van der Waals surface area contributed by atoms with Gasteiger partial charge in [-0.3, -0.25) is 14.7 Å². The number of carbonyl (C=O) groups excluding carboxylic acids is 1. The number of para-hydroxylation sites is 1. The number of carbonyl (C=O) groups is 1. The Kier molecular flexibility index (Phi) is 11.3. The van der Waals surface area contributed by atoms with Crippen LogP contribution in [0.4, 0.5) is 0 Å². The van der Waals surface area contributed by atoms with Gasteiger partial charge in [-0.25, -0.2) is 0 Å². The molecule has 1 heterocycles. The Morgan fingerprint density at radius 1 is 1.07 bits per heavy atom. The number of amides is 1. The van der Waals surface area contributed by atoms with Gasteiger partial charge in [0.25, 0.3) is 0 Å². The van der Waals surface area contributed by atoms with Gasteiger partial charge in [0.1, 0.15) is 12.4 Å². The Bertz CT molecular complexity index is 644. The molecule has 2 aliphatic rings. The van der Waals surface area contributed by atoms with Gasteiger partial charge in [-0.15, -0.1) is 24.0 Å². The summed E-state index contributed by atoms with van der Waals surface area (Å²) in [6.07, 6.45) is 4.61. The van der Waals surface area contributed by atoms with Gasteiger partial charge in [-0.2, -0.15) is 0 Å². The molecule has 3 rings (SSSR count). The van der Waals surface area contributed by atoms with Crippen LogP contribution in [0.3, 0.4) is 0 Å². The van der Waals surface area contributed by atoms with Gasteiger partial charge >= 0.3 is 0 Å². The first-order valence-corrected chi connectivity index (χ1v) is 10.9. The minimum absolute atomic E-state index is 0. The molecule has 1 saturated carbocycles. The van der Waals surface area contributed by atoms with Gasteiger partial charge in [0.15, 0.2) is 5.96 Å². The number of hydrogen-bond donors (Lipinski definition) is 2. The van der Waals surface area contributed by atoms with Crippen LogP contribution in [0, 0.1) is 5.92 Å². The molecule has 0 radical (unpaired) electrons. The lowest BCUT2D eigenvalue weighted by Crippen LogP contribution is -2.52. The van der Waals surface area contributed by atoms with Crippen molar-refractivity contribution in [3.05, 3.63) is 30.3 Å². The van der Waals surface area contributed by atoms with E-state index in [0.717, 1.165) is 63.8 Å². The highest BCUT2D eigenvalue weighted by molar-refractivity contribution is 14.0. The number of nitrogens with zero attached hydrogens (tertiary/aromatic N) is 3. The van der Waals surface area contributed by atoms with Gasteiger partial charge < -0.3 is 20.3 Å². The van der Waals surface area contributed by atoms with Gasteiger partial charge in [0.05, 0.1) is 6.54 Å². The molecule has 1 aromatic carbocycles. The van der Waals surface area contributed by atoms with E-state index in [1.165, 1.54) is 12.8 Å². The van der Waals surface area contributed by atoms with Crippen molar-refractivity contribution >= 4 is 35.8 Å². The number of halogens is 1. The van der Waals surface area contributed by atoms with Crippen LogP contribution in [0.5, 0.6) is 5.75 Å². The number of benzene rings is 1. The summed E-state index contributed by atoms with van der Waals surface area (Å²) in [7, 11) is 1.78. The largest absolute Gasteiger partial charge is 0.492 e. The van der Waals surface area contributed by atoms with Crippen LogP contribution in [0.15, 0.2) is 35.3 Å². The van der Waals surface area contributed by atoms with Crippen molar-refractivity contribution in [2.75, 3.05) is 59.5 Å². The second-order valence-electron chi connectivity index (χ2n) is 7.74. The second-order valence-corrected chi connectivity index (χ2v) is 7.74. The maximum Gasteiger partial charge on any atom is 0.225 e. The molecule has 1 saturated heterocycles. The summed E-state index contributed by atoms with van der Waals surface area (Å²) >= 11 is 0. The molecule has 0 aromatic heterocycles. The molecule has 2 N–H and O–H groups in total. The fraction of sp³-hybridized carbons (Fsp3) is 0.636. The Morgan fingerprint density at radius 3 is 2.40 bits per heavy atom. The number of nitrogens with one attached hydrogen (secondary N) is 2. The van der Waals surface area contributed by atoms with E-state index in [0.29, 0.717) is 25.0 Å². The fourth-order valence-electron chi connectivity index (χ4n) is 4.03. The lowest BCUT2D eigenvalue weighted by atomic mass is 10.1. The van der Waals surface area contributed by atoms with Gasteiger partial charge in [-0.1, -0.05) is 31.0 Å². The standard InChI is InChI=1S/C22H35N5O2.HI/c1-23-22(25-12-18-29-20-9-3-2-4-10-20)24-11-13-26-14-16-27(17-15-26)21(28)19-7-5-6-8-19;/h2-4,9-10,19H,5-8,11-18H2,1H3,(H2,23,24,25);1H. The monoisotopic (exact) mass is 529 g/mol. The van der Waals surface area contributed by atoms with E-state index in [1.807, 2.05) is 30.3 Å². The number of guanidine groups is 1. The molecular formula is C22H36IN5O2. The van der Waals surface area contributed by atoms with Crippen molar-refractivity contribution in [3.63, 3.8) is 0 Å². The molecule has 8 heteroatoms. The van der Waals surface area contributed by atoms with E-state index in [1.54, 1.807) is 7.05 Å². The first kappa shape index (κ1) is 24.7. The molecule has 0 atom stereocenters. The summed E-state index contributed by atoms with van der Waals surface area (Å²) in [5.41, 5.74) is 0. The van der Waals surface area contributed by atoms with Crippen molar-refractivity contribution in [1.82, 2.24) is 20.4 Å². The SMILES string of the molecule is CN=C(NCCOc1ccccc1)NCCN1CCN(C(=O)C2CCCC2)CC1.I. The van der Waals surface area contributed by atoms with Crippen molar-refractivity contribution in [3.8, 4) is 5.75 Å². The minimum atomic E-state index is 0. The van der Waals surface area contributed by atoms with Gasteiger partial charge in [0.2, 0.25) is 5.91 Å². The Hall–Kier alpha value is -1.55. The van der Waals surface area contributed by atoms with Crippen LogP contribution in [-0.2, 0) is 4.79 Å². The Labute approximate surface area is 197 Å². The maximum atomic E-state index is 12.5. The molecular weight excluding hydrogens is 493 g/mol. The van der Waals surface area contributed by atoms with E-state index in [2.05, 4.69) is 25.4 Å². The molecule has 7 nitrogen and oxygen atoms in total. The Balaban J connectivity index is 0.00000320. The smallest absolute Gasteiger partial charge is 0.225 e. The van der Waals surface area contributed by atoms with Gasteiger partial charge in [-0.05, 0) is 25.0 Å². The molecule has 0 unspecified atom stereocenters. The van der Waals surface area contributed by atoms with E-state index < -0.39 is 0 Å². The normalized spacial score (nSPS) is 18.0. The molecule has 1 amide bonds. The Morgan fingerprint density at radius 2 is 1.73 bits per heavy atom. The first-order valence-electron chi connectivity index (χ1n) is 10.9. The molecule has 0 spiro atoms.